The number of carboxylic acid groups (broad SMARTS) is 2. The maximum atomic E-state index is 12.0. The van der Waals surface area contributed by atoms with E-state index in [2.05, 4.69) is 0 Å². The lowest BCUT2D eigenvalue weighted by Gasteiger charge is -2.39. The highest BCUT2D eigenvalue weighted by Crippen LogP contribution is 2.48. The van der Waals surface area contributed by atoms with E-state index in [1.807, 2.05) is 0 Å². The molecule has 0 aromatic heterocycles. The molecule has 6 heteroatoms. The number of ether oxygens (including phenoxy) is 1. The monoisotopic (exact) mass is 306 g/mol. The van der Waals surface area contributed by atoms with E-state index in [1.165, 1.54) is 20.1 Å². The average Bonchev–Trinajstić information content (AvgIpc) is 2.45. The second-order valence-electron chi connectivity index (χ2n) is 5.83. The molecule has 3 N–H and O–H groups in total. The fraction of sp³-hybridized carbons (Fsp3) is 0.375. The Morgan fingerprint density at radius 3 is 2.36 bits per heavy atom. The van der Waals surface area contributed by atoms with Crippen LogP contribution in [0.1, 0.15) is 25.3 Å². The van der Waals surface area contributed by atoms with Crippen LogP contribution in [-0.4, -0.2) is 34.4 Å². The number of aliphatic hydroxyl groups excluding tert-OH is 1. The Hall–Kier alpha value is -2.50. The Labute approximate surface area is 127 Å². The van der Waals surface area contributed by atoms with Gasteiger partial charge in [-0.05, 0) is 25.5 Å². The molecule has 22 heavy (non-hydrogen) atoms. The second kappa shape index (κ2) is 5.36. The summed E-state index contributed by atoms with van der Waals surface area (Å²) in [6.07, 6.45) is 0.944. The molecule has 0 saturated carbocycles. The fourth-order valence-corrected chi connectivity index (χ4v) is 3.05. The molecule has 1 aromatic carbocycles. The number of carboxylic acids is 2. The van der Waals surface area contributed by atoms with E-state index in [4.69, 9.17) is 4.74 Å². The Kier molecular flexibility index (Phi) is 3.87. The van der Waals surface area contributed by atoms with Gasteiger partial charge >= 0.3 is 11.9 Å². The highest BCUT2D eigenvalue weighted by molar-refractivity contribution is 5.88. The summed E-state index contributed by atoms with van der Waals surface area (Å²) in [5, 5.41) is 29.2. The number of methoxy groups -OCH3 is 1. The number of hydrogen-bond donors (Lipinski definition) is 3. The molecule has 0 amide bonds. The van der Waals surface area contributed by atoms with E-state index < -0.39 is 22.8 Å². The fourth-order valence-electron chi connectivity index (χ4n) is 3.05. The lowest BCUT2D eigenvalue weighted by molar-refractivity contribution is -0.153. The van der Waals surface area contributed by atoms with Crippen LogP contribution in [0.3, 0.4) is 0 Å². The van der Waals surface area contributed by atoms with Crippen LogP contribution in [0.15, 0.2) is 36.1 Å². The molecule has 0 radical (unpaired) electrons. The Balaban J connectivity index is 2.70. The normalized spacial score (nSPS) is 27.8. The number of aliphatic carboxylic acids is 2. The maximum absolute atomic E-state index is 12.0. The zero-order valence-corrected chi connectivity index (χ0v) is 12.4. The van der Waals surface area contributed by atoms with E-state index in [9.17, 15) is 24.9 Å². The quantitative estimate of drug-likeness (QED) is 0.788. The number of rotatable bonds is 4. The van der Waals surface area contributed by atoms with Crippen molar-refractivity contribution in [3.8, 4) is 5.75 Å². The zero-order chi connectivity index (χ0) is 16.5. The number of benzene rings is 1. The van der Waals surface area contributed by atoms with Crippen LogP contribution in [-0.2, 0) is 15.0 Å². The molecule has 1 aliphatic carbocycles. The molecule has 0 heterocycles. The molecule has 2 rings (SSSR count). The van der Waals surface area contributed by atoms with Gasteiger partial charge in [-0.2, -0.15) is 0 Å². The third-order valence-electron chi connectivity index (χ3n) is 4.14. The number of hydrogen-bond acceptors (Lipinski definition) is 4. The molecule has 0 aliphatic heterocycles. The summed E-state index contributed by atoms with van der Waals surface area (Å²) in [6, 6.07) is 6.53. The van der Waals surface area contributed by atoms with E-state index in [0.717, 1.165) is 0 Å². The first-order valence-electron chi connectivity index (χ1n) is 6.76. The summed E-state index contributed by atoms with van der Waals surface area (Å²) in [4.78, 5) is 23.6. The highest BCUT2D eigenvalue weighted by atomic mass is 16.5. The third kappa shape index (κ3) is 2.41. The van der Waals surface area contributed by atoms with Crippen molar-refractivity contribution in [2.45, 2.75) is 25.2 Å². The van der Waals surface area contributed by atoms with Gasteiger partial charge in [-0.15, -0.1) is 0 Å². The van der Waals surface area contributed by atoms with Crippen molar-refractivity contribution >= 4 is 11.9 Å². The van der Waals surface area contributed by atoms with Gasteiger partial charge in [0.25, 0.3) is 0 Å². The molecule has 0 fully saturated rings. The van der Waals surface area contributed by atoms with E-state index in [1.54, 1.807) is 24.3 Å². The van der Waals surface area contributed by atoms with Crippen LogP contribution >= 0.6 is 0 Å². The maximum Gasteiger partial charge on any atom is 0.318 e. The summed E-state index contributed by atoms with van der Waals surface area (Å²) in [5.41, 5.74) is -2.70. The van der Waals surface area contributed by atoms with Gasteiger partial charge in [-0.3, -0.25) is 9.59 Å². The van der Waals surface area contributed by atoms with Gasteiger partial charge in [-0.1, -0.05) is 18.2 Å². The van der Waals surface area contributed by atoms with Crippen molar-refractivity contribution in [3.05, 3.63) is 41.7 Å². The summed E-state index contributed by atoms with van der Waals surface area (Å²) in [6.45, 7) is 1.44. The van der Waals surface area contributed by atoms with Crippen molar-refractivity contribution < 1.29 is 29.6 Å². The van der Waals surface area contributed by atoms with Gasteiger partial charge in [0.2, 0.25) is 0 Å². The van der Waals surface area contributed by atoms with E-state index in [0.29, 0.717) is 11.3 Å². The molecule has 0 saturated heterocycles. The second-order valence-corrected chi connectivity index (χ2v) is 5.83. The minimum absolute atomic E-state index is 0.105. The minimum atomic E-state index is -1.65. The predicted molar refractivity (Wildman–Crippen MR) is 78.0 cm³/mol. The average molecular weight is 306 g/mol. The van der Waals surface area contributed by atoms with Crippen LogP contribution in [0.25, 0.3) is 0 Å². The largest absolute Gasteiger partial charge is 0.513 e. The van der Waals surface area contributed by atoms with E-state index >= 15 is 0 Å². The number of aliphatic hydroxyl groups is 1. The number of para-hydroxylation sites is 1. The van der Waals surface area contributed by atoms with Gasteiger partial charge in [0.15, 0.2) is 0 Å². The molecule has 1 aliphatic rings. The van der Waals surface area contributed by atoms with Crippen LogP contribution in [0.5, 0.6) is 5.75 Å². The van der Waals surface area contributed by atoms with Crippen molar-refractivity contribution in [3.63, 3.8) is 0 Å². The predicted octanol–water partition coefficient (Wildman–Crippen LogP) is 2.34. The molecule has 2 atom stereocenters. The molecule has 6 nitrogen and oxygen atoms in total. The molecule has 0 spiro atoms. The molecule has 0 bridgehead atoms. The summed E-state index contributed by atoms with van der Waals surface area (Å²) in [5.74, 6) is -2.28. The summed E-state index contributed by atoms with van der Waals surface area (Å²) >= 11 is 0. The number of carbonyl (C=O) groups is 2. The zero-order valence-electron chi connectivity index (χ0n) is 12.4. The molecule has 118 valence electrons. The van der Waals surface area contributed by atoms with E-state index in [-0.39, 0.29) is 18.6 Å². The van der Waals surface area contributed by atoms with Gasteiger partial charge < -0.3 is 20.1 Å². The van der Waals surface area contributed by atoms with Gasteiger partial charge in [0.1, 0.15) is 11.2 Å². The Morgan fingerprint density at radius 1 is 1.18 bits per heavy atom. The van der Waals surface area contributed by atoms with Crippen molar-refractivity contribution in [1.29, 1.82) is 0 Å². The van der Waals surface area contributed by atoms with Crippen molar-refractivity contribution in [2.24, 2.45) is 5.41 Å². The van der Waals surface area contributed by atoms with Gasteiger partial charge in [0, 0.05) is 12.0 Å². The first kappa shape index (κ1) is 15.9. The molecular weight excluding hydrogens is 288 g/mol. The summed E-state index contributed by atoms with van der Waals surface area (Å²) in [7, 11) is 1.41. The van der Waals surface area contributed by atoms with Crippen LogP contribution in [0, 0.1) is 5.41 Å². The van der Waals surface area contributed by atoms with Gasteiger partial charge in [0.05, 0.1) is 18.3 Å². The lowest BCUT2D eigenvalue weighted by Crippen LogP contribution is -2.46. The van der Waals surface area contributed by atoms with Crippen molar-refractivity contribution in [2.75, 3.05) is 7.11 Å². The van der Waals surface area contributed by atoms with Crippen LogP contribution in [0.4, 0.5) is 0 Å². The molecular formula is C16H18O6. The standard InChI is InChI=1S/C16H18O6/c1-15(13(18)19)7-10(17)8-16(9-15,14(20)21)11-5-3-4-6-12(11)22-2/h3-6,8,17H,7,9H2,1-2H3,(H,18,19)(H,20,21). The highest BCUT2D eigenvalue weighted by Gasteiger charge is 2.52. The summed E-state index contributed by atoms with van der Waals surface area (Å²) < 4.78 is 5.22. The van der Waals surface area contributed by atoms with Crippen LogP contribution < -0.4 is 4.74 Å². The number of allylic oxidation sites excluding steroid dienone is 1. The van der Waals surface area contributed by atoms with Gasteiger partial charge in [-0.25, -0.2) is 0 Å². The SMILES string of the molecule is COc1ccccc1C1(C(=O)O)C=C(O)CC(C)(C(=O)O)C1. The third-order valence-corrected chi connectivity index (χ3v) is 4.14. The first-order chi connectivity index (χ1) is 10.2. The van der Waals surface area contributed by atoms with Crippen LogP contribution in [0.2, 0.25) is 0 Å². The smallest absolute Gasteiger partial charge is 0.318 e. The first-order valence-corrected chi connectivity index (χ1v) is 6.76. The van der Waals surface area contributed by atoms with Crippen molar-refractivity contribution in [1.82, 2.24) is 0 Å². The molecule has 2 unspecified atom stereocenters. The minimum Gasteiger partial charge on any atom is -0.513 e. The Bertz CT molecular complexity index is 650. The Morgan fingerprint density at radius 2 is 1.82 bits per heavy atom. The topological polar surface area (TPSA) is 104 Å². The molecule has 1 aromatic rings. The lowest BCUT2D eigenvalue weighted by atomic mass is 9.63.